The molecule has 1 aromatic carbocycles. The van der Waals surface area contributed by atoms with Gasteiger partial charge in [-0.3, -0.25) is 4.79 Å². The van der Waals surface area contributed by atoms with Gasteiger partial charge in [0.1, 0.15) is 0 Å². The van der Waals surface area contributed by atoms with Crippen molar-refractivity contribution >= 4 is 23.5 Å². The smallest absolute Gasteiger partial charge is 0.328 e. The third-order valence-electron chi connectivity index (χ3n) is 2.38. The van der Waals surface area contributed by atoms with E-state index in [-0.39, 0.29) is 5.91 Å². The largest absolute Gasteiger partial charge is 0.478 e. The lowest BCUT2D eigenvalue weighted by atomic mass is 10.2. The van der Waals surface area contributed by atoms with E-state index in [1.54, 1.807) is 6.07 Å². The molecule has 0 bridgehead atoms. The normalized spacial score (nSPS) is 10.6. The van der Waals surface area contributed by atoms with E-state index < -0.39 is 5.97 Å². The Morgan fingerprint density at radius 2 is 2.00 bits per heavy atom. The maximum Gasteiger partial charge on any atom is 0.328 e. The molecule has 0 atom stereocenters. The van der Waals surface area contributed by atoms with Crippen LogP contribution in [0.25, 0.3) is 0 Å². The van der Waals surface area contributed by atoms with Crippen LogP contribution >= 0.6 is 11.6 Å². The molecule has 0 saturated carbocycles. The van der Waals surface area contributed by atoms with Gasteiger partial charge in [0.2, 0.25) is 5.91 Å². The van der Waals surface area contributed by atoms with E-state index in [0.29, 0.717) is 18.1 Å². The fraction of sp³-hybridized carbons (Fsp3) is 0.231. The first-order chi connectivity index (χ1) is 8.54. The van der Waals surface area contributed by atoms with Crippen LogP contribution in [0.5, 0.6) is 0 Å². The Kier molecular flexibility index (Phi) is 5.39. The zero-order chi connectivity index (χ0) is 13.5. The molecule has 0 fully saturated rings. The van der Waals surface area contributed by atoms with Gasteiger partial charge in [0.05, 0.1) is 0 Å². The van der Waals surface area contributed by atoms with E-state index in [1.807, 2.05) is 25.1 Å². The van der Waals surface area contributed by atoms with Crippen molar-refractivity contribution in [2.45, 2.75) is 13.5 Å². The van der Waals surface area contributed by atoms with Crippen LogP contribution in [-0.2, 0) is 16.1 Å². The van der Waals surface area contributed by atoms with Crippen molar-refractivity contribution in [1.29, 1.82) is 0 Å². The summed E-state index contributed by atoms with van der Waals surface area (Å²) >= 11 is 6.01. The summed E-state index contributed by atoms with van der Waals surface area (Å²) in [6.07, 6.45) is 1.88. The number of nitrogens with zero attached hydrogens (tertiary/aromatic N) is 1. The van der Waals surface area contributed by atoms with Crippen molar-refractivity contribution in [2.24, 2.45) is 0 Å². The monoisotopic (exact) mass is 267 g/mol. The molecule has 0 aliphatic rings. The van der Waals surface area contributed by atoms with Crippen LogP contribution in [0.4, 0.5) is 0 Å². The first kappa shape index (κ1) is 14.3. The number of carbonyl (C=O) groups is 2. The van der Waals surface area contributed by atoms with E-state index in [1.165, 1.54) is 4.90 Å². The molecule has 96 valence electrons. The van der Waals surface area contributed by atoms with Gasteiger partial charge in [-0.15, -0.1) is 0 Å². The molecular formula is C13H14ClNO3. The molecule has 0 radical (unpaired) electrons. The predicted octanol–water partition coefficient (Wildman–Crippen LogP) is 2.33. The van der Waals surface area contributed by atoms with Crippen LogP contribution in [0.15, 0.2) is 36.4 Å². The maximum atomic E-state index is 11.7. The second-order valence-electron chi connectivity index (χ2n) is 3.62. The fourth-order valence-corrected chi connectivity index (χ4v) is 1.62. The minimum atomic E-state index is -1.14. The SMILES string of the molecule is CCN(Cc1ccccc1Cl)C(=O)/C=C/C(=O)O. The van der Waals surface area contributed by atoms with Crippen LogP contribution in [0.2, 0.25) is 5.02 Å². The molecule has 0 aliphatic carbocycles. The van der Waals surface area contributed by atoms with Gasteiger partial charge in [-0.1, -0.05) is 29.8 Å². The Labute approximate surface area is 110 Å². The lowest BCUT2D eigenvalue weighted by Crippen LogP contribution is -2.28. The number of amides is 1. The minimum absolute atomic E-state index is 0.347. The highest BCUT2D eigenvalue weighted by atomic mass is 35.5. The summed E-state index contributed by atoms with van der Waals surface area (Å²) in [7, 11) is 0. The summed E-state index contributed by atoms with van der Waals surface area (Å²) in [4.78, 5) is 23.6. The molecule has 0 aromatic heterocycles. The van der Waals surface area contributed by atoms with Crippen molar-refractivity contribution < 1.29 is 14.7 Å². The second-order valence-corrected chi connectivity index (χ2v) is 4.02. The Morgan fingerprint density at radius 1 is 1.33 bits per heavy atom. The van der Waals surface area contributed by atoms with Crippen LogP contribution < -0.4 is 0 Å². The zero-order valence-corrected chi connectivity index (χ0v) is 10.7. The number of rotatable bonds is 5. The molecule has 1 amide bonds. The molecule has 0 aliphatic heterocycles. The highest BCUT2D eigenvalue weighted by Gasteiger charge is 2.11. The van der Waals surface area contributed by atoms with Gasteiger partial charge in [-0.2, -0.15) is 0 Å². The third kappa shape index (κ3) is 4.22. The van der Waals surface area contributed by atoms with E-state index in [4.69, 9.17) is 16.7 Å². The standard InChI is InChI=1S/C13H14ClNO3/c1-2-15(12(16)7-8-13(17)18)9-10-5-3-4-6-11(10)14/h3-8H,2,9H2,1H3,(H,17,18)/b8-7+. The number of hydrogen-bond acceptors (Lipinski definition) is 2. The number of carboxylic acids is 1. The summed E-state index contributed by atoms with van der Waals surface area (Å²) < 4.78 is 0. The first-order valence-electron chi connectivity index (χ1n) is 5.48. The van der Waals surface area contributed by atoms with Crippen LogP contribution in [0.3, 0.4) is 0 Å². The van der Waals surface area contributed by atoms with Gasteiger partial charge >= 0.3 is 5.97 Å². The molecule has 0 unspecified atom stereocenters. The van der Waals surface area contributed by atoms with Gasteiger partial charge < -0.3 is 10.0 Å². The average molecular weight is 268 g/mol. The van der Waals surface area contributed by atoms with Gasteiger partial charge in [-0.05, 0) is 18.6 Å². The molecule has 4 nitrogen and oxygen atoms in total. The molecule has 0 saturated heterocycles. The summed E-state index contributed by atoms with van der Waals surface area (Å²) in [5, 5.41) is 9.06. The lowest BCUT2D eigenvalue weighted by Gasteiger charge is -2.19. The lowest BCUT2D eigenvalue weighted by molar-refractivity contribution is -0.132. The van der Waals surface area contributed by atoms with Crippen LogP contribution in [-0.4, -0.2) is 28.4 Å². The molecule has 5 heteroatoms. The van der Waals surface area contributed by atoms with E-state index >= 15 is 0 Å². The molecule has 1 aromatic rings. The van der Waals surface area contributed by atoms with E-state index in [2.05, 4.69) is 0 Å². The molecule has 0 heterocycles. The van der Waals surface area contributed by atoms with Crippen LogP contribution in [0.1, 0.15) is 12.5 Å². The quantitative estimate of drug-likeness (QED) is 0.833. The molecule has 0 spiro atoms. The second kappa shape index (κ2) is 6.81. The number of likely N-dealkylation sites (N-methyl/N-ethyl adjacent to an activating group) is 1. The molecular weight excluding hydrogens is 254 g/mol. The van der Waals surface area contributed by atoms with E-state index in [9.17, 15) is 9.59 Å². The highest BCUT2D eigenvalue weighted by Crippen LogP contribution is 2.17. The van der Waals surface area contributed by atoms with Crippen molar-refractivity contribution in [1.82, 2.24) is 4.90 Å². The fourth-order valence-electron chi connectivity index (χ4n) is 1.43. The summed E-state index contributed by atoms with van der Waals surface area (Å²) in [5.41, 5.74) is 0.832. The van der Waals surface area contributed by atoms with Crippen molar-refractivity contribution in [3.8, 4) is 0 Å². The summed E-state index contributed by atoms with van der Waals surface area (Å²) in [6.45, 7) is 2.66. The average Bonchev–Trinajstić information content (AvgIpc) is 2.35. The Morgan fingerprint density at radius 3 is 2.56 bits per heavy atom. The maximum absolute atomic E-state index is 11.7. The number of benzene rings is 1. The van der Waals surface area contributed by atoms with Crippen molar-refractivity contribution in [3.63, 3.8) is 0 Å². The van der Waals surface area contributed by atoms with E-state index in [0.717, 1.165) is 17.7 Å². The highest BCUT2D eigenvalue weighted by molar-refractivity contribution is 6.31. The van der Waals surface area contributed by atoms with Gasteiger partial charge in [0, 0.05) is 30.3 Å². The Hall–Kier alpha value is -1.81. The number of carboxylic acid groups (broad SMARTS) is 1. The predicted molar refractivity (Wildman–Crippen MR) is 69.3 cm³/mol. The summed E-state index contributed by atoms with van der Waals surface area (Å²) in [5.74, 6) is -1.49. The summed E-state index contributed by atoms with van der Waals surface area (Å²) in [6, 6.07) is 7.24. The molecule has 1 rings (SSSR count). The number of halogens is 1. The van der Waals surface area contributed by atoms with Crippen molar-refractivity contribution in [3.05, 3.63) is 47.0 Å². The van der Waals surface area contributed by atoms with Crippen molar-refractivity contribution in [2.75, 3.05) is 6.54 Å². The molecule has 1 N–H and O–H groups in total. The zero-order valence-electron chi connectivity index (χ0n) is 9.97. The third-order valence-corrected chi connectivity index (χ3v) is 2.75. The van der Waals surface area contributed by atoms with Gasteiger partial charge in [-0.25, -0.2) is 4.79 Å². The first-order valence-corrected chi connectivity index (χ1v) is 5.85. The topological polar surface area (TPSA) is 57.6 Å². The number of hydrogen-bond donors (Lipinski definition) is 1. The van der Waals surface area contributed by atoms with Crippen LogP contribution in [0, 0.1) is 0 Å². The number of aliphatic carboxylic acids is 1. The molecule has 18 heavy (non-hydrogen) atoms. The Bertz CT molecular complexity index is 471. The van der Waals surface area contributed by atoms with Gasteiger partial charge in [0.15, 0.2) is 0 Å². The Balaban J connectivity index is 2.76. The van der Waals surface area contributed by atoms with Gasteiger partial charge in [0.25, 0.3) is 0 Å². The number of carbonyl (C=O) groups excluding carboxylic acids is 1. The minimum Gasteiger partial charge on any atom is -0.478 e.